The van der Waals surface area contributed by atoms with E-state index in [-0.39, 0.29) is 30.9 Å². The van der Waals surface area contributed by atoms with Gasteiger partial charge in [0.1, 0.15) is 5.76 Å². The molecule has 0 aliphatic heterocycles. The van der Waals surface area contributed by atoms with Crippen LogP contribution < -0.4 is 16.0 Å². The lowest BCUT2D eigenvalue weighted by Crippen LogP contribution is -2.36. The Labute approximate surface area is 144 Å². The minimum atomic E-state index is -0.885. The number of hydrogen-bond donors (Lipinski definition) is 4. The fraction of sp³-hybridized carbons (Fsp3) is 0.235. The third kappa shape index (κ3) is 5.47. The maximum absolute atomic E-state index is 12.3. The topological polar surface area (TPSA) is 121 Å². The van der Waals surface area contributed by atoms with Crippen molar-refractivity contribution in [3.63, 3.8) is 0 Å². The summed E-state index contributed by atoms with van der Waals surface area (Å²) in [5.41, 5.74) is 0.451. The summed E-state index contributed by atoms with van der Waals surface area (Å²) in [7, 11) is 0. The van der Waals surface area contributed by atoms with Crippen molar-refractivity contribution >= 4 is 23.4 Å². The lowest BCUT2D eigenvalue weighted by atomic mass is 10.1. The molecule has 0 radical (unpaired) electrons. The Kier molecular flexibility index (Phi) is 6.73. The summed E-state index contributed by atoms with van der Waals surface area (Å²) in [6, 6.07) is 9.80. The lowest BCUT2D eigenvalue weighted by Gasteiger charge is -2.11. The molecule has 0 unspecified atom stereocenters. The largest absolute Gasteiger partial charge is 0.467 e. The van der Waals surface area contributed by atoms with E-state index in [9.17, 15) is 14.4 Å². The molecule has 0 saturated carbocycles. The van der Waals surface area contributed by atoms with Gasteiger partial charge in [-0.25, -0.2) is 0 Å². The molecule has 0 aliphatic rings. The highest BCUT2D eigenvalue weighted by Crippen LogP contribution is 2.15. The van der Waals surface area contributed by atoms with Gasteiger partial charge in [0.25, 0.3) is 5.91 Å². The van der Waals surface area contributed by atoms with Crippen LogP contribution in [0.4, 0.5) is 5.69 Å². The molecule has 3 amide bonds. The van der Waals surface area contributed by atoms with Crippen LogP contribution in [0.2, 0.25) is 0 Å². The van der Waals surface area contributed by atoms with Gasteiger partial charge in [-0.2, -0.15) is 0 Å². The summed E-state index contributed by atoms with van der Waals surface area (Å²) < 4.78 is 5.14. The van der Waals surface area contributed by atoms with Gasteiger partial charge in [-0.1, -0.05) is 12.1 Å². The summed E-state index contributed by atoms with van der Waals surface area (Å²) in [6.07, 6.45) is 1.86. The molecule has 0 aliphatic carbocycles. The summed E-state index contributed by atoms with van der Waals surface area (Å²) in [5, 5.41) is 16.1. The van der Waals surface area contributed by atoms with Gasteiger partial charge in [0.2, 0.25) is 0 Å². The van der Waals surface area contributed by atoms with Crippen LogP contribution in [0.1, 0.15) is 22.5 Å². The highest BCUT2D eigenvalue weighted by Gasteiger charge is 2.17. The molecule has 4 N–H and O–H groups in total. The molecule has 0 spiro atoms. The molecule has 0 atom stereocenters. The molecule has 0 bridgehead atoms. The molecule has 1 aromatic carbocycles. The number of furan rings is 1. The number of benzene rings is 1. The van der Waals surface area contributed by atoms with Crippen LogP contribution in [-0.2, 0) is 16.1 Å². The zero-order valence-electron chi connectivity index (χ0n) is 13.5. The van der Waals surface area contributed by atoms with Crippen LogP contribution in [0, 0.1) is 0 Å². The Morgan fingerprint density at radius 2 is 1.80 bits per heavy atom. The maximum Gasteiger partial charge on any atom is 0.313 e. The summed E-state index contributed by atoms with van der Waals surface area (Å²) in [6.45, 7) is 0.310. The average molecular weight is 345 g/mol. The minimum Gasteiger partial charge on any atom is -0.467 e. The van der Waals surface area contributed by atoms with Crippen molar-refractivity contribution in [2.75, 3.05) is 18.5 Å². The number of amides is 3. The summed E-state index contributed by atoms with van der Waals surface area (Å²) >= 11 is 0. The van der Waals surface area contributed by atoms with E-state index < -0.39 is 17.7 Å². The molecule has 2 rings (SSSR count). The molecule has 8 heteroatoms. The quantitative estimate of drug-likeness (QED) is 0.434. The van der Waals surface area contributed by atoms with Gasteiger partial charge in [0.15, 0.2) is 0 Å². The second kappa shape index (κ2) is 9.24. The number of hydrogen-bond acceptors (Lipinski definition) is 5. The zero-order chi connectivity index (χ0) is 18.1. The zero-order valence-corrected chi connectivity index (χ0v) is 13.5. The Morgan fingerprint density at radius 3 is 2.52 bits per heavy atom. The number of anilines is 1. The van der Waals surface area contributed by atoms with Crippen LogP contribution >= 0.6 is 0 Å². The molecule has 1 heterocycles. The maximum atomic E-state index is 12.3. The molecule has 0 saturated heterocycles. The Hall–Kier alpha value is -3.13. The first-order chi connectivity index (χ1) is 12.1. The first-order valence-corrected chi connectivity index (χ1v) is 7.71. The van der Waals surface area contributed by atoms with E-state index in [1.54, 1.807) is 24.3 Å². The summed E-state index contributed by atoms with van der Waals surface area (Å²) in [4.78, 5) is 35.9. The number of aliphatic hydroxyl groups is 1. The fourth-order valence-electron chi connectivity index (χ4n) is 2.01. The standard InChI is InChI=1S/C17H19N3O5/c21-9-4-8-18-16(23)17(24)20-14-7-2-1-6-13(14)15(22)19-11-12-5-3-10-25-12/h1-3,5-7,10,21H,4,8-9,11H2,(H,18,23)(H,19,22)(H,20,24). The van der Waals surface area contributed by atoms with Gasteiger partial charge in [0, 0.05) is 13.2 Å². The van der Waals surface area contributed by atoms with Gasteiger partial charge in [-0.05, 0) is 30.7 Å². The van der Waals surface area contributed by atoms with Crippen LogP contribution in [0.3, 0.4) is 0 Å². The van der Waals surface area contributed by atoms with Crippen LogP contribution in [0.15, 0.2) is 47.1 Å². The molecular weight excluding hydrogens is 326 g/mol. The van der Waals surface area contributed by atoms with Crippen molar-refractivity contribution in [2.24, 2.45) is 0 Å². The third-order valence-corrected chi connectivity index (χ3v) is 3.25. The van der Waals surface area contributed by atoms with Gasteiger partial charge >= 0.3 is 11.8 Å². The highest BCUT2D eigenvalue weighted by molar-refractivity contribution is 6.40. The van der Waals surface area contributed by atoms with E-state index in [1.165, 1.54) is 18.4 Å². The molecule has 0 fully saturated rings. The fourth-order valence-corrected chi connectivity index (χ4v) is 2.01. The van der Waals surface area contributed by atoms with Crippen molar-refractivity contribution in [1.82, 2.24) is 10.6 Å². The van der Waals surface area contributed by atoms with E-state index in [0.29, 0.717) is 12.2 Å². The van der Waals surface area contributed by atoms with Crippen LogP contribution in [-0.4, -0.2) is 36.0 Å². The Morgan fingerprint density at radius 1 is 1.00 bits per heavy atom. The molecule has 25 heavy (non-hydrogen) atoms. The smallest absolute Gasteiger partial charge is 0.313 e. The number of nitrogens with one attached hydrogen (secondary N) is 3. The first kappa shape index (κ1) is 18.2. The average Bonchev–Trinajstić information content (AvgIpc) is 3.13. The van der Waals surface area contributed by atoms with Gasteiger partial charge < -0.3 is 25.5 Å². The van der Waals surface area contributed by atoms with Crippen LogP contribution in [0.5, 0.6) is 0 Å². The van der Waals surface area contributed by atoms with Gasteiger partial charge in [-0.3, -0.25) is 14.4 Å². The van der Waals surface area contributed by atoms with Gasteiger partial charge in [0.05, 0.1) is 24.1 Å². The lowest BCUT2D eigenvalue weighted by molar-refractivity contribution is -0.136. The number of carbonyl (C=O) groups excluding carboxylic acids is 3. The predicted octanol–water partition coefficient (Wildman–Crippen LogP) is 0.647. The number of rotatable bonds is 7. The highest BCUT2D eigenvalue weighted by atomic mass is 16.3. The van der Waals surface area contributed by atoms with Crippen molar-refractivity contribution < 1.29 is 23.9 Å². The second-order valence-corrected chi connectivity index (χ2v) is 5.09. The molecule has 132 valence electrons. The van der Waals surface area contributed by atoms with E-state index in [0.717, 1.165) is 0 Å². The molecule has 1 aromatic heterocycles. The van der Waals surface area contributed by atoms with E-state index in [2.05, 4.69) is 16.0 Å². The number of carbonyl (C=O) groups is 3. The van der Waals surface area contributed by atoms with E-state index >= 15 is 0 Å². The second-order valence-electron chi connectivity index (χ2n) is 5.09. The monoisotopic (exact) mass is 345 g/mol. The van der Waals surface area contributed by atoms with E-state index in [1.807, 2.05) is 0 Å². The first-order valence-electron chi connectivity index (χ1n) is 7.71. The molecular formula is C17H19N3O5. The van der Waals surface area contributed by atoms with Crippen molar-refractivity contribution in [3.05, 3.63) is 54.0 Å². The van der Waals surface area contributed by atoms with Crippen LogP contribution in [0.25, 0.3) is 0 Å². The SMILES string of the molecule is O=C(NCCCO)C(=O)Nc1ccccc1C(=O)NCc1ccco1. The minimum absolute atomic E-state index is 0.0828. The van der Waals surface area contributed by atoms with E-state index in [4.69, 9.17) is 9.52 Å². The molecule has 2 aromatic rings. The Bertz CT molecular complexity index is 728. The Balaban J connectivity index is 1.98. The van der Waals surface area contributed by atoms with Crippen molar-refractivity contribution in [2.45, 2.75) is 13.0 Å². The number of para-hydroxylation sites is 1. The van der Waals surface area contributed by atoms with Gasteiger partial charge in [-0.15, -0.1) is 0 Å². The normalized spacial score (nSPS) is 10.1. The number of aliphatic hydroxyl groups excluding tert-OH is 1. The third-order valence-electron chi connectivity index (χ3n) is 3.25. The van der Waals surface area contributed by atoms with Crippen molar-refractivity contribution in [3.8, 4) is 0 Å². The summed E-state index contributed by atoms with van der Waals surface area (Å²) in [5.74, 6) is -1.53. The predicted molar refractivity (Wildman–Crippen MR) is 89.7 cm³/mol. The molecule has 8 nitrogen and oxygen atoms in total. The van der Waals surface area contributed by atoms with Crippen molar-refractivity contribution in [1.29, 1.82) is 0 Å².